The summed E-state index contributed by atoms with van der Waals surface area (Å²) in [4.78, 5) is 0. The van der Waals surface area contributed by atoms with Crippen molar-refractivity contribution >= 4 is 10.0 Å². The van der Waals surface area contributed by atoms with Crippen LogP contribution in [0.25, 0.3) is 5.69 Å². The Morgan fingerprint density at radius 1 is 1.10 bits per heavy atom. The van der Waals surface area contributed by atoms with Crippen LogP contribution in [-0.4, -0.2) is 23.2 Å². The van der Waals surface area contributed by atoms with Gasteiger partial charge in [-0.05, 0) is 18.1 Å². The molecule has 1 atom stereocenters. The van der Waals surface area contributed by atoms with Gasteiger partial charge in [0.15, 0.2) is 0 Å². The second kappa shape index (κ2) is 5.34. The Morgan fingerprint density at radius 2 is 1.70 bits per heavy atom. The van der Waals surface area contributed by atoms with Crippen LogP contribution >= 0.6 is 0 Å². The fraction of sp³-hybridized carbons (Fsp3) is 0.385. The van der Waals surface area contributed by atoms with E-state index in [9.17, 15) is 8.42 Å². The van der Waals surface area contributed by atoms with E-state index < -0.39 is 10.0 Å². The topological polar surface area (TPSA) is 90.9 Å². The van der Waals surface area contributed by atoms with E-state index in [1.165, 1.54) is 4.57 Å². The summed E-state index contributed by atoms with van der Waals surface area (Å²) in [7, 11) is -3.93. The van der Waals surface area contributed by atoms with E-state index in [1.807, 2.05) is 39.0 Å². The normalized spacial score (nSPS) is 13.7. The van der Waals surface area contributed by atoms with E-state index in [4.69, 9.17) is 5.14 Å². The zero-order valence-corrected chi connectivity index (χ0v) is 12.5. The smallest absolute Gasteiger partial charge is 0.268 e. The van der Waals surface area contributed by atoms with Gasteiger partial charge in [-0.2, -0.15) is 0 Å². The minimum Gasteiger partial charge on any atom is -0.268 e. The molecule has 1 aromatic heterocycles. The van der Waals surface area contributed by atoms with Crippen LogP contribution in [-0.2, 0) is 10.0 Å². The van der Waals surface area contributed by atoms with Crippen LogP contribution in [0.2, 0.25) is 0 Å². The zero-order chi connectivity index (χ0) is 14.9. The number of rotatable bonds is 4. The van der Waals surface area contributed by atoms with Gasteiger partial charge in [0.05, 0.1) is 0 Å². The third kappa shape index (κ3) is 2.73. The Hall–Kier alpha value is -1.73. The molecule has 0 amide bonds. The Morgan fingerprint density at radius 3 is 2.20 bits per heavy atom. The zero-order valence-electron chi connectivity index (χ0n) is 11.7. The number of nitrogens with zero attached hydrogens (tertiary/aromatic N) is 3. The molecule has 0 aliphatic heterocycles. The van der Waals surface area contributed by atoms with Gasteiger partial charge in [0.2, 0.25) is 0 Å². The molecule has 1 heterocycles. The lowest BCUT2D eigenvalue weighted by atomic mass is 9.97. The maximum Gasteiger partial charge on any atom is 0.274 e. The van der Waals surface area contributed by atoms with Crippen molar-refractivity contribution in [1.29, 1.82) is 0 Å². The molecule has 0 fully saturated rings. The Kier molecular flexibility index (Phi) is 3.92. The highest BCUT2D eigenvalue weighted by Gasteiger charge is 2.26. The maximum absolute atomic E-state index is 11.7. The molecular weight excluding hydrogens is 276 g/mol. The first kappa shape index (κ1) is 14.7. The number of aromatic nitrogens is 3. The van der Waals surface area contributed by atoms with Crippen molar-refractivity contribution in [2.45, 2.75) is 31.8 Å². The fourth-order valence-corrected chi connectivity index (χ4v) is 2.49. The van der Waals surface area contributed by atoms with Crippen LogP contribution < -0.4 is 5.14 Å². The van der Waals surface area contributed by atoms with E-state index in [0.29, 0.717) is 17.4 Å². The van der Waals surface area contributed by atoms with Crippen LogP contribution in [0.1, 0.15) is 32.5 Å². The van der Waals surface area contributed by atoms with Crippen molar-refractivity contribution in [3.63, 3.8) is 0 Å². The van der Waals surface area contributed by atoms with Crippen molar-refractivity contribution < 1.29 is 8.42 Å². The van der Waals surface area contributed by atoms with Gasteiger partial charge >= 0.3 is 0 Å². The summed E-state index contributed by atoms with van der Waals surface area (Å²) in [6, 6.07) is 9.11. The molecule has 20 heavy (non-hydrogen) atoms. The number of benzene rings is 1. The van der Waals surface area contributed by atoms with Crippen LogP contribution in [0.5, 0.6) is 0 Å². The van der Waals surface area contributed by atoms with E-state index in [2.05, 4.69) is 10.2 Å². The number of hydrogen-bond acceptors (Lipinski definition) is 4. The summed E-state index contributed by atoms with van der Waals surface area (Å²) in [6.45, 7) is 6.08. The SMILES string of the molecule is CC(C)C(C)c1nnc(S(N)(=O)=O)n1-c1ccccc1. The second-order valence-electron chi connectivity index (χ2n) is 5.09. The average Bonchev–Trinajstić information content (AvgIpc) is 2.83. The minimum absolute atomic E-state index is 0.0539. The number of nitrogens with two attached hydrogens (primary N) is 1. The van der Waals surface area contributed by atoms with Crippen LogP contribution in [0.4, 0.5) is 0 Å². The summed E-state index contributed by atoms with van der Waals surface area (Å²) >= 11 is 0. The summed E-state index contributed by atoms with van der Waals surface area (Å²) in [5, 5.41) is 12.8. The highest BCUT2D eigenvalue weighted by molar-refractivity contribution is 7.89. The lowest BCUT2D eigenvalue weighted by Crippen LogP contribution is -2.19. The van der Waals surface area contributed by atoms with Crippen LogP contribution in [0.3, 0.4) is 0 Å². The molecule has 2 aromatic rings. The molecule has 0 aliphatic rings. The molecule has 0 aliphatic carbocycles. The number of para-hydroxylation sites is 1. The van der Waals surface area contributed by atoms with E-state index in [-0.39, 0.29) is 11.1 Å². The fourth-order valence-electron chi connectivity index (χ4n) is 1.88. The van der Waals surface area contributed by atoms with Gasteiger partial charge in [-0.1, -0.05) is 39.0 Å². The Labute approximate surface area is 118 Å². The monoisotopic (exact) mass is 294 g/mol. The van der Waals surface area contributed by atoms with E-state index >= 15 is 0 Å². The molecule has 1 unspecified atom stereocenters. The summed E-state index contributed by atoms with van der Waals surface area (Å²) in [5.41, 5.74) is 0.684. The lowest BCUT2D eigenvalue weighted by molar-refractivity contribution is 0.500. The third-order valence-electron chi connectivity index (χ3n) is 3.33. The van der Waals surface area contributed by atoms with Gasteiger partial charge in [-0.15, -0.1) is 10.2 Å². The summed E-state index contributed by atoms with van der Waals surface area (Å²) in [5.74, 6) is 0.948. The first-order valence-electron chi connectivity index (χ1n) is 6.36. The van der Waals surface area contributed by atoms with Gasteiger partial charge < -0.3 is 0 Å². The van der Waals surface area contributed by atoms with Gasteiger partial charge in [-0.25, -0.2) is 13.6 Å². The lowest BCUT2D eigenvalue weighted by Gasteiger charge is -2.17. The maximum atomic E-state index is 11.7. The first-order chi connectivity index (χ1) is 9.32. The molecule has 1 aromatic carbocycles. The van der Waals surface area contributed by atoms with Gasteiger partial charge in [-0.3, -0.25) is 4.57 Å². The molecule has 7 heteroatoms. The Bertz CT molecular complexity index is 692. The second-order valence-corrected chi connectivity index (χ2v) is 6.54. The standard InChI is InChI=1S/C13H18N4O2S/c1-9(2)10(3)12-15-16-13(20(14,18)19)17(12)11-7-5-4-6-8-11/h4-10H,1-3H3,(H2,14,18,19). The first-order valence-corrected chi connectivity index (χ1v) is 7.90. The molecule has 0 bridgehead atoms. The van der Waals surface area contributed by atoms with Crippen LogP contribution in [0, 0.1) is 5.92 Å². The summed E-state index contributed by atoms with van der Waals surface area (Å²) in [6.07, 6.45) is 0. The third-order valence-corrected chi connectivity index (χ3v) is 4.11. The molecule has 2 rings (SSSR count). The quantitative estimate of drug-likeness (QED) is 0.928. The minimum atomic E-state index is -3.93. The largest absolute Gasteiger partial charge is 0.274 e. The molecular formula is C13H18N4O2S. The predicted molar refractivity (Wildman–Crippen MR) is 76.0 cm³/mol. The van der Waals surface area contributed by atoms with Gasteiger partial charge in [0.1, 0.15) is 5.82 Å². The van der Waals surface area contributed by atoms with Crippen LogP contribution in [0.15, 0.2) is 35.5 Å². The van der Waals surface area contributed by atoms with Crippen molar-refractivity contribution in [3.05, 3.63) is 36.2 Å². The molecule has 0 spiro atoms. The number of primary sulfonamides is 1. The molecule has 0 radical (unpaired) electrons. The predicted octanol–water partition coefficient (Wildman–Crippen LogP) is 1.67. The van der Waals surface area contributed by atoms with E-state index in [1.54, 1.807) is 12.1 Å². The van der Waals surface area contributed by atoms with Gasteiger partial charge in [0, 0.05) is 11.6 Å². The van der Waals surface area contributed by atoms with Crippen molar-refractivity contribution in [1.82, 2.24) is 14.8 Å². The molecule has 2 N–H and O–H groups in total. The average molecular weight is 294 g/mol. The van der Waals surface area contributed by atoms with E-state index in [0.717, 1.165) is 0 Å². The molecule has 6 nitrogen and oxygen atoms in total. The molecule has 0 saturated heterocycles. The van der Waals surface area contributed by atoms with Crippen molar-refractivity contribution in [2.75, 3.05) is 0 Å². The molecule has 108 valence electrons. The summed E-state index contributed by atoms with van der Waals surface area (Å²) < 4.78 is 24.9. The van der Waals surface area contributed by atoms with Gasteiger partial charge in [0.25, 0.3) is 15.2 Å². The number of hydrogen-bond donors (Lipinski definition) is 1. The Balaban J connectivity index is 2.70. The number of sulfonamides is 1. The van der Waals surface area contributed by atoms with Crippen molar-refractivity contribution in [2.24, 2.45) is 11.1 Å². The molecule has 0 saturated carbocycles. The van der Waals surface area contributed by atoms with Crippen molar-refractivity contribution in [3.8, 4) is 5.69 Å². The highest BCUT2D eigenvalue weighted by atomic mass is 32.2. The highest BCUT2D eigenvalue weighted by Crippen LogP contribution is 2.26.